The van der Waals surface area contributed by atoms with Crippen LogP contribution in [0.3, 0.4) is 0 Å². The smallest absolute Gasteiger partial charge is 0.191 e. The minimum atomic E-state index is 0. The highest BCUT2D eigenvalue weighted by molar-refractivity contribution is 14.0. The molecule has 0 aliphatic carbocycles. The average Bonchev–Trinajstić information content (AvgIpc) is 3.11. The number of nitrogens with zero attached hydrogens (tertiary/aromatic N) is 2. The van der Waals surface area contributed by atoms with Crippen LogP contribution in [0.5, 0.6) is 0 Å². The molecule has 6 nitrogen and oxygen atoms in total. The van der Waals surface area contributed by atoms with Gasteiger partial charge >= 0.3 is 0 Å². The quantitative estimate of drug-likeness (QED) is 0.325. The van der Waals surface area contributed by atoms with Crippen LogP contribution in [0.1, 0.15) is 35.3 Å². The molecule has 0 bridgehead atoms. The summed E-state index contributed by atoms with van der Waals surface area (Å²) in [5.41, 5.74) is 1.10. The number of rotatable bonds is 7. The minimum absolute atomic E-state index is 0. The van der Waals surface area contributed by atoms with E-state index in [1.54, 1.807) is 11.3 Å². The monoisotopic (exact) mass is 468 g/mol. The Balaban J connectivity index is 0.00000288. The lowest BCUT2D eigenvalue weighted by molar-refractivity contribution is 0.127. The molecule has 2 rings (SSSR count). The highest BCUT2D eigenvalue weighted by atomic mass is 127. The van der Waals surface area contributed by atoms with Crippen molar-refractivity contribution in [3.8, 4) is 0 Å². The van der Waals surface area contributed by atoms with Crippen molar-refractivity contribution in [1.29, 1.82) is 0 Å². The molecule has 0 amide bonds. The Morgan fingerprint density at radius 3 is 2.75 bits per heavy atom. The number of ether oxygens (including phenoxy) is 1. The molecule has 1 aliphatic rings. The lowest BCUT2D eigenvalue weighted by atomic mass is 9.84. The molecule has 1 saturated heterocycles. The second-order valence-corrected chi connectivity index (χ2v) is 7.36. The first kappa shape index (κ1) is 21.6. The molecule has 1 aliphatic heterocycles. The molecule has 0 saturated carbocycles. The van der Waals surface area contributed by atoms with E-state index >= 15 is 0 Å². The molecule has 1 atom stereocenters. The van der Waals surface area contributed by atoms with E-state index in [0.717, 1.165) is 49.2 Å². The van der Waals surface area contributed by atoms with Crippen LogP contribution >= 0.6 is 35.3 Å². The van der Waals surface area contributed by atoms with Gasteiger partial charge in [-0.2, -0.15) is 0 Å². The Kier molecular flexibility index (Phi) is 9.47. The molecule has 3 N–H and O–H groups in total. The summed E-state index contributed by atoms with van der Waals surface area (Å²) in [6.07, 6.45) is 1.73. The molecular weight excluding hydrogens is 439 g/mol. The summed E-state index contributed by atoms with van der Waals surface area (Å²) in [4.78, 5) is 10.4. The predicted molar refractivity (Wildman–Crippen MR) is 109 cm³/mol. The number of aliphatic hydroxyl groups is 1. The maximum atomic E-state index is 9.30. The van der Waals surface area contributed by atoms with Crippen molar-refractivity contribution in [3.63, 3.8) is 0 Å². The van der Waals surface area contributed by atoms with E-state index in [-0.39, 0.29) is 36.0 Å². The van der Waals surface area contributed by atoms with Crippen LogP contribution in [0.25, 0.3) is 0 Å². The summed E-state index contributed by atoms with van der Waals surface area (Å²) in [6, 6.07) is 0. The van der Waals surface area contributed by atoms with E-state index in [0.29, 0.717) is 13.2 Å². The molecule has 24 heavy (non-hydrogen) atoms. The van der Waals surface area contributed by atoms with E-state index in [1.165, 1.54) is 4.88 Å². The van der Waals surface area contributed by atoms with E-state index in [2.05, 4.69) is 34.5 Å². The SMILES string of the molecule is CCNC(=NCc1nc(C)c(C)s1)NCC1(CCO)CCOC1.I. The predicted octanol–water partition coefficient (Wildman–Crippen LogP) is 2.22. The van der Waals surface area contributed by atoms with Crippen LogP contribution < -0.4 is 10.6 Å². The Labute approximate surface area is 165 Å². The van der Waals surface area contributed by atoms with Gasteiger partial charge in [0.15, 0.2) is 5.96 Å². The maximum absolute atomic E-state index is 9.30. The van der Waals surface area contributed by atoms with Gasteiger partial charge < -0.3 is 20.5 Å². The number of hydrogen-bond acceptors (Lipinski definition) is 5. The highest BCUT2D eigenvalue weighted by Crippen LogP contribution is 2.31. The first-order valence-corrected chi connectivity index (χ1v) is 9.04. The lowest BCUT2D eigenvalue weighted by Crippen LogP contribution is -2.44. The number of aryl methyl sites for hydroxylation is 2. The fourth-order valence-corrected chi connectivity index (χ4v) is 3.54. The molecule has 0 spiro atoms. The Hall–Kier alpha value is -0.450. The van der Waals surface area contributed by atoms with Gasteiger partial charge in [0, 0.05) is 36.6 Å². The van der Waals surface area contributed by atoms with Crippen LogP contribution in [0.15, 0.2) is 4.99 Å². The zero-order valence-corrected chi connectivity index (χ0v) is 17.9. The first-order chi connectivity index (χ1) is 11.1. The van der Waals surface area contributed by atoms with Crippen molar-refractivity contribution in [2.45, 2.75) is 40.2 Å². The zero-order chi connectivity index (χ0) is 16.7. The number of aromatic nitrogens is 1. The average molecular weight is 468 g/mol. The van der Waals surface area contributed by atoms with Gasteiger partial charge in [0.2, 0.25) is 0 Å². The number of thiazole rings is 1. The Morgan fingerprint density at radius 1 is 1.42 bits per heavy atom. The van der Waals surface area contributed by atoms with Gasteiger partial charge in [-0.1, -0.05) is 0 Å². The standard InChI is InChI=1S/C16H28N4O2S.HI/c1-4-17-15(18-9-14-20-12(2)13(3)23-14)19-10-16(5-7-21)6-8-22-11-16;/h21H,4-11H2,1-3H3,(H2,17,18,19);1H. The van der Waals surface area contributed by atoms with Crippen molar-refractivity contribution in [3.05, 3.63) is 15.6 Å². The van der Waals surface area contributed by atoms with Crippen molar-refractivity contribution in [2.24, 2.45) is 10.4 Å². The minimum Gasteiger partial charge on any atom is -0.396 e. The third-order valence-corrected chi connectivity index (χ3v) is 5.31. The van der Waals surface area contributed by atoms with E-state index < -0.39 is 0 Å². The zero-order valence-electron chi connectivity index (χ0n) is 14.7. The summed E-state index contributed by atoms with van der Waals surface area (Å²) < 4.78 is 5.53. The molecule has 1 aromatic rings. The molecule has 0 aromatic carbocycles. The van der Waals surface area contributed by atoms with Gasteiger partial charge in [-0.15, -0.1) is 35.3 Å². The van der Waals surface area contributed by atoms with E-state index in [9.17, 15) is 5.11 Å². The molecule has 0 radical (unpaired) electrons. The van der Waals surface area contributed by atoms with Crippen molar-refractivity contribution < 1.29 is 9.84 Å². The summed E-state index contributed by atoms with van der Waals surface area (Å²) in [7, 11) is 0. The van der Waals surface area contributed by atoms with Crippen LogP contribution in [0.4, 0.5) is 0 Å². The molecule has 138 valence electrons. The van der Waals surface area contributed by atoms with Gasteiger partial charge in [0.1, 0.15) is 5.01 Å². The van der Waals surface area contributed by atoms with Gasteiger partial charge in [0.05, 0.1) is 18.8 Å². The largest absolute Gasteiger partial charge is 0.396 e. The Morgan fingerprint density at radius 2 is 2.21 bits per heavy atom. The molecule has 1 fully saturated rings. The van der Waals surface area contributed by atoms with Crippen LogP contribution in [-0.4, -0.2) is 49.0 Å². The van der Waals surface area contributed by atoms with Crippen molar-refractivity contribution in [2.75, 3.05) is 32.9 Å². The summed E-state index contributed by atoms with van der Waals surface area (Å²) >= 11 is 1.70. The Bertz CT molecular complexity index is 511. The van der Waals surface area contributed by atoms with Gasteiger partial charge in [-0.25, -0.2) is 9.98 Å². The highest BCUT2D eigenvalue weighted by Gasteiger charge is 2.34. The van der Waals surface area contributed by atoms with Gasteiger partial charge in [0.25, 0.3) is 0 Å². The summed E-state index contributed by atoms with van der Waals surface area (Å²) in [5, 5.41) is 17.0. The number of aliphatic hydroxyl groups excluding tert-OH is 1. The third-order valence-electron chi connectivity index (χ3n) is 4.25. The first-order valence-electron chi connectivity index (χ1n) is 8.22. The van der Waals surface area contributed by atoms with Gasteiger partial charge in [-0.3, -0.25) is 0 Å². The number of halogens is 1. The second-order valence-electron chi connectivity index (χ2n) is 6.07. The maximum Gasteiger partial charge on any atom is 0.191 e. The van der Waals surface area contributed by atoms with Crippen LogP contribution in [0.2, 0.25) is 0 Å². The van der Waals surface area contributed by atoms with Crippen LogP contribution in [0, 0.1) is 19.3 Å². The summed E-state index contributed by atoms with van der Waals surface area (Å²) in [5.74, 6) is 0.794. The molecular formula is C16H29IN4O2S. The third kappa shape index (κ3) is 6.12. The fraction of sp³-hybridized carbons (Fsp3) is 0.750. The number of guanidine groups is 1. The fourth-order valence-electron chi connectivity index (χ4n) is 2.68. The number of nitrogens with one attached hydrogen (secondary N) is 2. The molecule has 2 heterocycles. The molecule has 8 heteroatoms. The number of aliphatic imine (C=N–C) groups is 1. The lowest BCUT2D eigenvalue weighted by Gasteiger charge is -2.27. The van der Waals surface area contributed by atoms with Crippen molar-refractivity contribution >= 4 is 41.3 Å². The second kappa shape index (κ2) is 10.5. The molecule has 1 unspecified atom stereocenters. The molecule has 1 aromatic heterocycles. The topological polar surface area (TPSA) is 78.8 Å². The van der Waals surface area contributed by atoms with Crippen LogP contribution in [-0.2, 0) is 11.3 Å². The normalized spacial score (nSPS) is 20.8. The van der Waals surface area contributed by atoms with E-state index in [4.69, 9.17) is 4.74 Å². The summed E-state index contributed by atoms with van der Waals surface area (Å²) in [6.45, 7) is 9.98. The van der Waals surface area contributed by atoms with Gasteiger partial charge in [-0.05, 0) is 33.6 Å². The van der Waals surface area contributed by atoms with Crippen molar-refractivity contribution in [1.82, 2.24) is 15.6 Å². The number of hydrogen-bond donors (Lipinski definition) is 3. The van der Waals surface area contributed by atoms with E-state index in [1.807, 2.05) is 6.92 Å².